The minimum atomic E-state index is -1.01. The number of nitrogens with zero attached hydrogens (tertiary/aromatic N) is 1. The van der Waals surface area contributed by atoms with Crippen LogP contribution in [0, 0.1) is 5.92 Å². The van der Waals surface area contributed by atoms with Crippen molar-refractivity contribution in [2.45, 2.75) is 13.5 Å². The number of nitrogens with one attached hydrogen (secondary N) is 1. The van der Waals surface area contributed by atoms with Gasteiger partial charge in [-0.05, 0) is 24.1 Å². The van der Waals surface area contributed by atoms with Gasteiger partial charge in [0.25, 0.3) is 0 Å². The van der Waals surface area contributed by atoms with Crippen LogP contribution in [0.5, 0.6) is 0 Å². The van der Waals surface area contributed by atoms with Crippen LogP contribution in [0.1, 0.15) is 17.3 Å². The molecule has 6 nitrogen and oxygen atoms in total. The Labute approximate surface area is 109 Å². The van der Waals surface area contributed by atoms with Crippen LogP contribution in [0.25, 0.3) is 11.0 Å². The highest BCUT2D eigenvalue weighted by atomic mass is 16.5. The second-order valence-corrected chi connectivity index (χ2v) is 4.64. The van der Waals surface area contributed by atoms with Crippen LogP contribution >= 0.6 is 0 Å². The Bertz CT molecular complexity index is 656. The van der Waals surface area contributed by atoms with Crippen molar-refractivity contribution >= 4 is 17.0 Å². The second-order valence-electron chi connectivity index (χ2n) is 4.64. The Hall–Kier alpha value is -2.08. The van der Waals surface area contributed by atoms with E-state index in [1.807, 2.05) is 6.92 Å². The summed E-state index contributed by atoms with van der Waals surface area (Å²) in [5.41, 5.74) is 1.17. The zero-order chi connectivity index (χ0) is 14.0. The number of hydrogen-bond donors (Lipinski definition) is 2. The summed E-state index contributed by atoms with van der Waals surface area (Å²) >= 11 is 0. The van der Waals surface area contributed by atoms with Gasteiger partial charge in [0.15, 0.2) is 0 Å². The largest absolute Gasteiger partial charge is 0.478 e. The molecule has 1 atom stereocenters. The van der Waals surface area contributed by atoms with Gasteiger partial charge < -0.3 is 14.8 Å². The Morgan fingerprint density at radius 3 is 2.89 bits per heavy atom. The fourth-order valence-electron chi connectivity index (χ4n) is 2.12. The van der Waals surface area contributed by atoms with Gasteiger partial charge in [0.1, 0.15) is 0 Å². The number of carbonyl (C=O) groups is 1. The molecule has 2 N–H and O–H groups in total. The number of methoxy groups -OCH3 is 1. The summed E-state index contributed by atoms with van der Waals surface area (Å²) in [5.74, 6) is -0.845. The Kier molecular flexibility index (Phi) is 3.71. The average Bonchev–Trinajstić information content (AvgIpc) is 2.65. The van der Waals surface area contributed by atoms with Gasteiger partial charge in [0.2, 0.25) is 0 Å². The van der Waals surface area contributed by atoms with Crippen LogP contribution in [0.3, 0.4) is 0 Å². The number of aromatic carboxylic acids is 1. The Morgan fingerprint density at radius 1 is 1.53 bits per heavy atom. The number of aromatic nitrogens is 2. The standard InChI is InChI=1S/C13H16N2O4/c1-8(7-19-2)6-15-11-5-9(12(16)17)3-4-10(11)14-13(15)18/h3-5,8H,6-7H2,1-2H3,(H,14,18)(H,16,17). The predicted molar refractivity (Wildman–Crippen MR) is 70.6 cm³/mol. The van der Waals surface area contributed by atoms with Gasteiger partial charge in [0, 0.05) is 13.7 Å². The molecule has 19 heavy (non-hydrogen) atoms. The maximum Gasteiger partial charge on any atom is 0.335 e. The van der Waals surface area contributed by atoms with Crippen molar-refractivity contribution in [2.24, 2.45) is 5.92 Å². The topological polar surface area (TPSA) is 84.3 Å². The third kappa shape index (κ3) is 2.68. The highest BCUT2D eigenvalue weighted by molar-refractivity contribution is 5.92. The highest BCUT2D eigenvalue weighted by Gasteiger charge is 2.12. The molecule has 0 bridgehead atoms. The summed E-state index contributed by atoms with van der Waals surface area (Å²) < 4.78 is 6.59. The minimum Gasteiger partial charge on any atom is -0.478 e. The van der Waals surface area contributed by atoms with Crippen LogP contribution in [0.15, 0.2) is 23.0 Å². The van der Waals surface area contributed by atoms with Gasteiger partial charge in [-0.2, -0.15) is 0 Å². The molecule has 0 saturated carbocycles. The number of hydrogen-bond acceptors (Lipinski definition) is 3. The summed E-state index contributed by atoms with van der Waals surface area (Å²) in [6.45, 7) is 2.99. The van der Waals surface area contributed by atoms with Gasteiger partial charge in [-0.15, -0.1) is 0 Å². The van der Waals surface area contributed by atoms with Crippen LogP contribution in [0.2, 0.25) is 0 Å². The Morgan fingerprint density at radius 2 is 2.26 bits per heavy atom. The third-order valence-corrected chi connectivity index (χ3v) is 2.97. The molecule has 0 aliphatic heterocycles. The van der Waals surface area contributed by atoms with Crippen molar-refractivity contribution in [2.75, 3.05) is 13.7 Å². The maximum absolute atomic E-state index is 11.9. The fourth-order valence-corrected chi connectivity index (χ4v) is 2.12. The molecule has 2 rings (SSSR count). The smallest absolute Gasteiger partial charge is 0.335 e. The van der Waals surface area contributed by atoms with E-state index in [9.17, 15) is 9.59 Å². The first-order valence-corrected chi connectivity index (χ1v) is 5.97. The van der Waals surface area contributed by atoms with Crippen LogP contribution in [-0.4, -0.2) is 34.3 Å². The van der Waals surface area contributed by atoms with Crippen molar-refractivity contribution in [3.63, 3.8) is 0 Å². The van der Waals surface area contributed by atoms with Gasteiger partial charge in [-0.25, -0.2) is 9.59 Å². The summed E-state index contributed by atoms with van der Waals surface area (Å²) in [4.78, 5) is 25.6. The number of ether oxygens (including phenoxy) is 1. The zero-order valence-corrected chi connectivity index (χ0v) is 10.8. The summed E-state index contributed by atoms with van der Waals surface area (Å²) in [6, 6.07) is 4.59. The van der Waals surface area contributed by atoms with E-state index in [-0.39, 0.29) is 17.2 Å². The van der Waals surface area contributed by atoms with Crippen molar-refractivity contribution in [3.05, 3.63) is 34.2 Å². The van der Waals surface area contributed by atoms with Gasteiger partial charge in [0.05, 0.1) is 23.2 Å². The van der Waals surface area contributed by atoms with Crippen LogP contribution in [-0.2, 0) is 11.3 Å². The van der Waals surface area contributed by atoms with E-state index in [0.717, 1.165) is 0 Å². The number of benzene rings is 1. The minimum absolute atomic E-state index is 0.162. The molecule has 1 heterocycles. The van der Waals surface area contributed by atoms with Crippen LogP contribution in [0.4, 0.5) is 0 Å². The molecule has 0 radical (unpaired) electrons. The zero-order valence-electron chi connectivity index (χ0n) is 10.8. The first-order valence-electron chi connectivity index (χ1n) is 5.97. The molecule has 102 valence electrons. The van der Waals surface area contributed by atoms with E-state index in [2.05, 4.69) is 4.98 Å². The van der Waals surface area contributed by atoms with E-state index < -0.39 is 5.97 Å². The first kappa shape index (κ1) is 13.4. The van der Waals surface area contributed by atoms with E-state index in [1.165, 1.54) is 12.1 Å². The number of aromatic amines is 1. The number of rotatable bonds is 5. The number of carboxylic acid groups (broad SMARTS) is 1. The summed E-state index contributed by atoms with van der Waals surface area (Å²) in [7, 11) is 1.61. The molecule has 1 aromatic heterocycles. The SMILES string of the molecule is COCC(C)Cn1c(=O)[nH]c2ccc(C(=O)O)cc21. The van der Waals surface area contributed by atoms with Gasteiger partial charge in [-0.1, -0.05) is 6.92 Å². The predicted octanol–water partition coefficient (Wildman–Crippen LogP) is 1.31. The first-order chi connectivity index (χ1) is 9.02. The Balaban J connectivity index is 2.46. The molecule has 0 aliphatic carbocycles. The van der Waals surface area contributed by atoms with Gasteiger partial charge in [-0.3, -0.25) is 4.57 Å². The van der Waals surface area contributed by atoms with E-state index in [4.69, 9.17) is 9.84 Å². The van der Waals surface area contributed by atoms with Crippen molar-refractivity contribution in [1.82, 2.24) is 9.55 Å². The number of fused-ring (bicyclic) bond motifs is 1. The fraction of sp³-hybridized carbons (Fsp3) is 0.385. The summed E-state index contributed by atoms with van der Waals surface area (Å²) in [6.07, 6.45) is 0. The van der Waals surface area contributed by atoms with Crippen molar-refractivity contribution < 1.29 is 14.6 Å². The molecule has 6 heteroatoms. The normalized spacial score (nSPS) is 12.7. The average molecular weight is 264 g/mol. The molecule has 2 aromatic rings. The maximum atomic E-state index is 11.9. The van der Waals surface area contributed by atoms with E-state index >= 15 is 0 Å². The molecule has 0 amide bonds. The van der Waals surface area contributed by atoms with Gasteiger partial charge >= 0.3 is 11.7 Å². The van der Waals surface area contributed by atoms with E-state index in [0.29, 0.717) is 24.2 Å². The van der Waals surface area contributed by atoms with Crippen molar-refractivity contribution in [3.8, 4) is 0 Å². The van der Waals surface area contributed by atoms with Crippen molar-refractivity contribution in [1.29, 1.82) is 0 Å². The number of imidazole rings is 1. The number of H-pyrrole nitrogens is 1. The monoisotopic (exact) mass is 264 g/mol. The third-order valence-electron chi connectivity index (χ3n) is 2.97. The molecular formula is C13H16N2O4. The molecule has 0 spiro atoms. The lowest BCUT2D eigenvalue weighted by Crippen LogP contribution is -2.22. The molecular weight excluding hydrogens is 248 g/mol. The molecule has 1 aromatic carbocycles. The van der Waals surface area contributed by atoms with Crippen LogP contribution < -0.4 is 5.69 Å². The second kappa shape index (κ2) is 5.27. The molecule has 0 fully saturated rings. The highest BCUT2D eigenvalue weighted by Crippen LogP contribution is 2.14. The summed E-state index contributed by atoms with van der Waals surface area (Å²) in [5, 5.41) is 8.99. The lowest BCUT2D eigenvalue weighted by atomic mass is 10.1. The molecule has 0 saturated heterocycles. The van der Waals surface area contributed by atoms with E-state index in [1.54, 1.807) is 17.7 Å². The number of carboxylic acids is 1. The lowest BCUT2D eigenvalue weighted by molar-refractivity contribution is 0.0697. The molecule has 1 unspecified atom stereocenters. The molecule has 0 aliphatic rings. The quantitative estimate of drug-likeness (QED) is 0.852. The lowest BCUT2D eigenvalue weighted by Gasteiger charge is -2.11.